The monoisotopic (exact) mass is 390 g/mol. The van der Waals surface area contributed by atoms with Gasteiger partial charge in [0, 0.05) is 0 Å². The van der Waals surface area contributed by atoms with Crippen LogP contribution >= 0.6 is 13.9 Å². The molecular weight excluding hydrogens is 371 g/mol. The maximum absolute atomic E-state index is 4.27. The fourth-order valence-electron chi connectivity index (χ4n) is 2.72. The van der Waals surface area contributed by atoms with E-state index in [1.807, 2.05) is 12.2 Å². The van der Waals surface area contributed by atoms with Gasteiger partial charge in [0.05, 0.1) is 0 Å². The van der Waals surface area contributed by atoms with Crippen molar-refractivity contribution in [1.29, 1.82) is 0 Å². The Labute approximate surface area is 129 Å². The molecule has 104 valence electrons. The average molecular weight is 391 g/mol. The summed E-state index contributed by atoms with van der Waals surface area (Å²) in [6.07, 6.45) is 4.09. The minimum absolute atomic E-state index is 0.971. The Morgan fingerprint density at radius 1 is 0.750 bits per heavy atom. The molecule has 2 aromatic rings. The molecule has 0 aliphatic rings. The van der Waals surface area contributed by atoms with E-state index in [9.17, 15) is 0 Å². The number of hydrogen-bond acceptors (Lipinski definition) is 0. The van der Waals surface area contributed by atoms with Crippen LogP contribution in [0.1, 0.15) is 0 Å². The van der Waals surface area contributed by atoms with Crippen LogP contribution in [0, 0.1) is 0 Å². The number of allylic oxidation sites excluding steroid dienone is 2. The first-order chi connectivity index (χ1) is 9.64. The molecule has 0 aliphatic heterocycles. The van der Waals surface area contributed by atoms with Crippen LogP contribution in [0.4, 0.5) is 0 Å². The van der Waals surface area contributed by atoms with Gasteiger partial charge in [-0.3, -0.25) is 0 Å². The molecule has 0 unspecified atom stereocenters. The summed E-state index contributed by atoms with van der Waals surface area (Å²) in [6, 6.07) is 21.5. The zero-order chi connectivity index (χ0) is 14.5. The molecule has 0 aliphatic carbocycles. The molecule has 0 aromatic heterocycles. The van der Waals surface area contributed by atoms with Gasteiger partial charge in [0.1, 0.15) is 0 Å². The van der Waals surface area contributed by atoms with E-state index in [2.05, 4.69) is 87.8 Å². The van der Waals surface area contributed by atoms with E-state index in [-0.39, 0.29) is 0 Å². The van der Waals surface area contributed by atoms with Crippen molar-refractivity contribution in [3.8, 4) is 0 Å². The maximum atomic E-state index is 4.27. The first kappa shape index (κ1) is 15.3. The summed E-state index contributed by atoms with van der Waals surface area (Å²) >= 11 is 4.27. The summed E-state index contributed by atoms with van der Waals surface area (Å²) in [5.74, 6) is 0. The van der Waals surface area contributed by atoms with Crippen molar-refractivity contribution in [2.75, 3.05) is 0 Å². The molecule has 2 rings (SSSR count). The van der Waals surface area contributed by atoms with E-state index in [0.29, 0.717) is 0 Å². The van der Waals surface area contributed by atoms with Crippen molar-refractivity contribution >= 4 is 33.2 Å². The Bertz CT molecular complexity index is 536. The zero-order valence-corrected chi connectivity index (χ0v) is 15.0. The molecule has 0 N–H and O–H groups in total. The Hall–Kier alpha value is -1.04. The molecule has 0 spiro atoms. The number of halogens is 1. The molecule has 0 saturated heterocycles. The van der Waals surface area contributed by atoms with Gasteiger partial charge in [0.2, 0.25) is 0 Å². The van der Waals surface area contributed by atoms with Gasteiger partial charge in [-0.1, -0.05) is 0 Å². The summed E-state index contributed by atoms with van der Waals surface area (Å²) in [5.41, 5.74) is 0. The van der Waals surface area contributed by atoms with Crippen LogP contribution in [-0.2, 0) is 0 Å². The SMILES string of the molecule is C=CC[As](Br)(CC=C)(c1ccccc1)c1ccccc1. The van der Waals surface area contributed by atoms with Gasteiger partial charge < -0.3 is 0 Å². The van der Waals surface area contributed by atoms with Gasteiger partial charge in [-0.15, -0.1) is 0 Å². The molecule has 0 bridgehead atoms. The topological polar surface area (TPSA) is 0 Å². The molecule has 20 heavy (non-hydrogen) atoms. The predicted molar refractivity (Wildman–Crippen MR) is 96.8 cm³/mol. The summed E-state index contributed by atoms with van der Waals surface area (Å²) in [5, 5.41) is 1.94. The third kappa shape index (κ3) is 2.57. The van der Waals surface area contributed by atoms with Crippen molar-refractivity contribution in [2.45, 2.75) is 10.4 Å². The standard InChI is InChI=1S/C18H20AsBr/c1-3-15-19(20,16-4-2,17-11-7-5-8-12-17)18-13-9-6-10-14-18/h3-14H,1-2,15-16H2. The van der Waals surface area contributed by atoms with E-state index in [1.54, 1.807) is 0 Å². The van der Waals surface area contributed by atoms with E-state index < -0.39 is 10.6 Å². The van der Waals surface area contributed by atoms with Crippen LogP contribution in [-0.4, -0.2) is 10.6 Å². The van der Waals surface area contributed by atoms with Crippen LogP contribution in [0.3, 0.4) is 0 Å². The molecule has 0 nitrogen and oxygen atoms in total. The van der Waals surface area contributed by atoms with Crippen LogP contribution < -0.4 is 8.70 Å². The van der Waals surface area contributed by atoms with Crippen molar-refractivity contribution in [3.63, 3.8) is 0 Å². The van der Waals surface area contributed by atoms with Crippen molar-refractivity contribution in [3.05, 3.63) is 86.0 Å². The van der Waals surface area contributed by atoms with Gasteiger partial charge in [0.25, 0.3) is 0 Å². The fourth-order valence-corrected chi connectivity index (χ4v) is 15.9. The zero-order valence-electron chi connectivity index (χ0n) is 11.6. The third-order valence-corrected chi connectivity index (χ3v) is 21.5. The molecule has 0 radical (unpaired) electrons. The van der Waals surface area contributed by atoms with E-state index in [4.69, 9.17) is 0 Å². The molecule has 0 heterocycles. The van der Waals surface area contributed by atoms with E-state index >= 15 is 0 Å². The first-order valence-electron chi connectivity index (χ1n) is 6.70. The molecule has 0 atom stereocenters. The van der Waals surface area contributed by atoms with Crippen LogP contribution in [0.25, 0.3) is 0 Å². The summed E-state index contributed by atoms with van der Waals surface area (Å²) in [6.45, 7) is 8.01. The van der Waals surface area contributed by atoms with Crippen molar-refractivity contribution in [1.82, 2.24) is 0 Å². The quantitative estimate of drug-likeness (QED) is 0.504. The third-order valence-electron chi connectivity index (χ3n) is 3.72. The number of rotatable bonds is 6. The molecule has 2 heteroatoms. The van der Waals surface area contributed by atoms with Gasteiger partial charge in [-0.25, -0.2) is 0 Å². The van der Waals surface area contributed by atoms with Gasteiger partial charge >= 0.3 is 130 Å². The average Bonchev–Trinajstić information content (AvgIpc) is 2.50. The molecule has 0 fully saturated rings. The van der Waals surface area contributed by atoms with Gasteiger partial charge in [-0.2, -0.15) is 0 Å². The minimum atomic E-state index is -3.12. The fraction of sp³-hybridized carbons (Fsp3) is 0.111. The summed E-state index contributed by atoms with van der Waals surface area (Å²) < 4.78 is 2.80. The predicted octanol–water partition coefficient (Wildman–Crippen LogP) is 4.47. The van der Waals surface area contributed by atoms with Crippen LogP contribution in [0.2, 0.25) is 10.4 Å². The molecule has 0 amide bonds. The second-order valence-electron chi connectivity index (χ2n) is 4.99. The van der Waals surface area contributed by atoms with E-state index in [1.165, 1.54) is 8.70 Å². The summed E-state index contributed by atoms with van der Waals surface area (Å²) in [4.78, 5) is 0. The van der Waals surface area contributed by atoms with Crippen LogP contribution in [0.15, 0.2) is 86.0 Å². The van der Waals surface area contributed by atoms with Crippen molar-refractivity contribution in [2.24, 2.45) is 0 Å². The molecule has 2 aromatic carbocycles. The molecule has 0 saturated carbocycles. The van der Waals surface area contributed by atoms with Crippen molar-refractivity contribution < 1.29 is 0 Å². The Kier molecular flexibility index (Phi) is 4.73. The number of benzene rings is 2. The normalized spacial score (nSPS) is 13.2. The Balaban J connectivity index is 2.76. The van der Waals surface area contributed by atoms with Gasteiger partial charge in [0.15, 0.2) is 0 Å². The Morgan fingerprint density at radius 2 is 1.10 bits per heavy atom. The second kappa shape index (κ2) is 6.16. The molecular formula is C18H20AsBr. The first-order valence-corrected chi connectivity index (χ1v) is 15.6. The Morgan fingerprint density at radius 3 is 1.40 bits per heavy atom. The number of hydrogen-bond donors (Lipinski definition) is 0. The van der Waals surface area contributed by atoms with E-state index in [0.717, 1.165) is 10.4 Å². The van der Waals surface area contributed by atoms with Crippen LogP contribution in [0.5, 0.6) is 0 Å². The summed E-state index contributed by atoms with van der Waals surface area (Å²) in [7, 11) is -3.12. The second-order valence-corrected chi connectivity index (χ2v) is 23.4. The van der Waals surface area contributed by atoms with Gasteiger partial charge in [-0.05, 0) is 0 Å².